The lowest BCUT2D eigenvalue weighted by molar-refractivity contribution is -0.115. The number of carbonyl (C=O) groups excluding carboxylic acids is 1. The first-order valence-corrected chi connectivity index (χ1v) is 8.50. The van der Waals surface area contributed by atoms with Crippen LogP contribution in [-0.2, 0) is 16.0 Å². The van der Waals surface area contributed by atoms with Crippen LogP contribution in [0, 0.1) is 13.8 Å². The Bertz CT molecular complexity index is 712. The zero-order valence-corrected chi connectivity index (χ0v) is 15.1. The van der Waals surface area contributed by atoms with Gasteiger partial charge in [0.05, 0.1) is 36.2 Å². The largest absolute Gasteiger partial charge is 0.372 e. The molecular formula is C18H24N4O3. The van der Waals surface area contributed by atoms with E-state index in [1.165, 1.54) is 0 Å². The monoisotopic (exact) mass is 344 g/mol. The molecule has 1 amide bonds. The minimum absolute atomic E-state index is 0.113. The molecule has 0 aliphatic carbocycles. The number of nitrogens with one attached hydrogen (secondary N) is 1. The normalized spacial score (nSPS) is 20.6. The van der Waals surface area contributed by atoms with E-state index in [2.05, 4.69) is 34.2 Å². The van der Waals surface area contributed by atoms with Crippen LogP contribution in [0.5, 0.6) is 0 Å². The lowest BCUT2D eigenvalue weighted by Gasteiger charge is -2.36. The molecule has 25 heavy (non-hydrogen) atoms. The molecule has 1 aliphatic heterocycles. The number of morpholine rings is 1. The van der Waals surface area contributed by atoms with E-state index in [1.54, 1.807) is 6.20 Å². The number of hydrogen-bond donors (Lipinski definition) is 1. The molecule has 7 nitrogen and oxygen atoms in total. The van der Waals surface area contributed by atoms with Gasteiger partial charge in [-0.05, 0) is 39.8 Å². The van der Waals surface area contributed by atoms with Crippen molar-refractivity contribution in [3.8, 4) is 0 Å². The van der Waals surface area contributed by atoms with Gasteiger partial charge in [0.15, 0.2) is 0 Å². The quantitative estimate of drug-likeness (QED) is 0.918. The highest BCUT2D eigenvalue weighted by molar-refractivity contribution is 5.92. The number of aromatic nitrogens is 2. The van der Waals surface area contributed by atoms with Crippen LogP contribution in [0.15, 0.2) is 22.9 Å². The Morgan fingerprint density at radius 2 is 2.00 bits per heavy atom. The van der Waals surface area contributed by atoms with Crippen molar-refractivity contribution in [3.05, 3.63) is 35.3 Å². The second-order valence-electron chi connectivity index (χ2n) is 6.60. The fourth-order valence-electron chi connectivity index (χ4n) is 3.13. The molecule has 7 heteroatoms. The molecule has 2 aromatic heterocycles. The van der Waals surface area contributed by atoms with Crippen molar-refractivity contribution < 1.29 is 14.1 Å². The third kappa shape index (κ3) is 4.17. The van der Waals surface area contributed by atoms with Crippen molar-refractivity contribution >= 4 is 17.4 Å². The molecule has 2 atom stereocenters. The number of rotatable bonds is 4. The van der Waals surface area contributed by atoms with Crippen molar-refractivity contribution in [3.63, 3.8) is 0 Å². The first-order valence-electron chi connectivity index (χ1n) is 8.50. The molecule has 1 saturated heterocycles. The van der Waals surface area contributed by atoms with Crippen LogP contribution >= 0.6 is 0 Å². The molecule has 0 spiro atoms. The zero-order valence-electron chi connectivity index (χ0n) is 15.1. The van der Waals surface area contributed by atoms with Gasteiger partial charge in [0.25, 0.3) is 0 Å². The van der Waals surface area contributed by atoms with Crippen molar-refractivity contribution in [2.75, 3.05) is 23.3 Å². The Morgan fingerprint density at radius 3 is 2.56 bits per heavy atom. The van der Waals surface area contributed by atoms with E-state index >= 15 is 0 Å². The number of anilines is 2. The number of pyridine rings is 1. The predicted molar refractivity (Wildman–Crippen MR) is 94.8 cm³/mol. The predicted octanol–water partition coefficient (Wildman–Crippen LogP) is 2.48. The number of nitrogens with zero attached hydrogens (tertiary/aromatic N) is 3. The summed E-state index contributed by atoms with van der Waals surface area (Å²) < 4.78 is 10.8. The molecule has 0 bridgehead atoms. The maximum atomic E-state index is 12.2. The number of carbonyl (C=O) groups is 1. The summed E-state index contributed by atoms with van der Waals surface area (Å²) in [5.74, 6) is 1.46. The molecule has 3 heterocycles. The van der Waals surface area contributed by atoms with Gasteiger partial charge in [-0.1, -0.05) is 5.16 Å². The Morgan fingerprint density at radius 1 is 1.28 bits per heavy atom. The van der Waals surface area contributed by atoms with Gasteiger partial charge in [0.2, 0.25) is 5.91 Å². The van der Waals surface area contributed by atoms with Gasteiger partial charge in [-0.3, -0.25) is 4.79 Å². The van der Waals surface area contributed by atoms with Crippen LogP contribution in [0.3, 0.4) is 0 Å². The van der Waals surface area contributed by atoms with Crippen molar-refractivity contribution in [1.29, 1.82) is 0 Å². The van der Waals surface area contributed by atoms with E-state index in [9.17, 15) is 4.79 Å². The summed E-state index contributed by atoms with van der Waals surface area (Å²) in [6.45, 7) is 9.39. The second kappa shape index (κ2) is 7.23. The Hall–Kier alpha value is -2.41. The molecule has 1 aliphatic rings. The Labute approximate surface area is 147 Å². The highest BCUT2D eigenvalue weighted by atomic mass is 16.5. The molecule has 2 aromatic rings. The summed E-state index contributed by atoms with van der Waals surface area (Å²) in [5, 5.41) is 6.74. The number of ether oxygens (including phenoxy) is 1. The lowest BCUT2D eigenvalue weighted by atomic mass is 10.1. The van der Waals surface area contributed by atoms with Crippen LogP contribution in [0.25, 0.3) is 0 Å². The maximum Gasteiger partial charge on any atom is 0.229 e. The van der Waals surface area contributed by atoms with Crippen molar-refractivity contribution in [2.45, 2.75) is 46.3 Å². The standard InChI is InChI=1S/C18H24N4O3/c1-11-9-22(10-12(2)24-11)17-6-5-15(8-19-17)20-18(23)7-16-13(3)21-25-14(16)4/h5-6,8,11-12H,7,9-10H2,1-4H3,(H,20,23)/t11-,12-/m1/s1. The molecule has 1 N–H and O–H groups in total. The van der Waals surface area contributed by atoms with E-state index in [0.29, 0.717) is 11.4 Å². The zero-order chi connectivity index (χ0) is 18.0. The van der Waals surface area contributed by atoms with Crippen LogP contribution < -0.4 is 10.2 Å². The van der Waals surface area contributed by atoms with Crippen LogP contribution in [-0.4, -0.2) is 41.3 Å². The first kappa shape index (κ1) is 17.4. The molecule has 1 fully saturated rings. The van der Waals surface area contributed by atoms with Crippen LogP contribution in [0.4, 0.5) is 11.5 Å². The molecule has 0 saturated carbocycles. The van der Waals surface area contributed by atoms with Gasteiger partial charge in [-0.25, -0.2) is 4.98 Å². The topological polar surface area (TPSA) is 80.5 Å². The van der Waals surface area contributed by atoms with Crippen molar-refractivity contribution in [2.24, 2.45) is 0 Å². The van der Waals surface area contributed by atoms with Gasteiger partial charge in [0, 0.05) is 18.7 Å². The highest BCUT2D eigenvalue weighted by Gasteiger charge is 2.23. The third-order valence-electron chi connectivity index (χ3n) is 4.29. The average molecular weight is 344 g/mol. The SMILES string of the molecule is Cc1noc(C)c1CC(=O)Nc1ccc(N2C[C@@H](C)O[C@H](C)C2)nc1. The minimum Gasteiger partial charge on any atom is -0.372 e. The van der Waals surface area contributed by atoms with E-state index in [1.807, 2.05) is 26.0 Å². The number of amides is 1. The average Bonchev–Trinajstić information content (AvgIpc) is 2.86. The second-order valence-corrected chi connectivity index (χ2v) is 6.60. The molecule has 0 radical (unpaired) electrons. The van der Waals surface area contributed by atoms with Gasteiger partial charge >= 0.3 is 0 Å². The third-order valence-corrected chi connectivity index (χ3v) is 4.29. The molecule has 3 rings (SSSR count). The summed E-state index contributed by atoms with van der Waals surface area (Å²) in [6.07, 6.45) is 2.28. The van der Waals surface area contributed by atoms with Gasteiger partial charge < -0.3 is 19.5 Å². The van der Waals surface area contributed by atoms with E-state index in [0.717, 1.165) is 30.2 Å². The fourth-order valence-corrected chi connectivity index (χ4v) is 3.13. The van der Waals surface area contributed by atoms with Crippen LogP contribution in [0.2, 0.25) is 0 Å². The smallest absolute Gasteiger partial charge is 0.229 e. The Kier molecular flexibility index (Phi) is 5.03. The van der Waals surface area contributed by atoms with Gasteiger partial charge in [-0.15, -0.1) is 0 Å². The van der Waals surface area contributed by atoms with Crippen LogP contribution in [0.1, 0.15) is 30.9 Å². The summed E-state index contributed by atoms with van der Waals surface area (Å²) >= 11 is 0. The van der Waals surface area contributed by atoms with E-state index in [-0.39, 0.29) is 24.5 Å². The number of aryl methyl sites for hydroxylation is 2. The first-order chi connectivity index (χ1) is 11.9. The summed E-state index contributed by atoms with van der Waals surface area (Å²) in [4.78, 5) is 18.9. The highest BCUT2D eigenvalue weighted by Crippen LogP contribution is 2.20. The molecule has 0 aromatic carbocycles. The van der Waals surface area contributed by atoms with Gasteiger partial charge in [0.1, 0.15) is 11.6 Å². The molecule has 134 valence electrons. The molecular weight excluding hydrogens is 320 g/mol. The molecule has 0 unspecified atom stereocenters. The summed E-state index contributed by atoms with van der Waals surface area (Å²) in [7, 11) is 0. The maximum absolute atomic E-state index is 12.2. The van der Waals surface area contributed by atoms with E-state index < -0.39 is 0 Å². The van der Waals surface area contributed by atoms with E-state index in [4.69, 9.17) is 9.26 Å². The van der Waals surface area contributed by atoms with Gasteiger partial charge in [-0.2, -0.15) is 0 Å². The fraction of sp³-hybridized carbons (Fsp3) is 0.500. The number of hydrogen-bond acceptors (Lipinski definition) is 6. The minimum atomic E-state index is -0.113. The lowest BCUT2D eigenvalue weighted by Crippen LogP contribution is -2.45. The summed E-state index contributed by atoms with van der Waals surface area (Å²) in [6, 6.07) is 3.80. The Balaban J connectivity index is 1.61. The van der Waals surface area contributed by atoms with Crippen molar-refractivity contribution in [1.82, 2.24) is 10.1 Å². The summed E-state index contributed by atoms with van der Waals surface area (Å²) in [5.41, 5.74) is 2.25.